The predicted molar refractivity (Wildman–Crippen MR) is 98.6 cm³/mol. The maximum Gasteiger partial charge on any atom is 0.146 e. The van der Waals surface area contributed by atoms with Gasteiger partial charge in [0.25, 0.3) is 0 Å². The van der Waals surface area contributed by atoms with Gasteiger partial charge in [-0.2, -0.15) is 0 Å². The highest BCUT2D eigenvalue weighted by Crippen LogP contribution is 2.43. The van der Waals surface area contributed by atoms with Crippen molar-refractivity contribution >= 4 is 5.78 Å². The number of carbonyl (C=O) groups excluding carboxylic acids is 1. The average Bonchev–Trinajstić information content (AvgIpc) is 3.47. The third-order valence-electron chi connectivity index (χ3n) is 5.82. The number of aliphatic hydroxyl groups excluding tert-OH is 2. The number of carbonyl (C=O) groups is 1. The second-order valence-corrected chi connectivity index (χ2v) is 7.67. The molecule has 4 heteroatoms. The van der Waals surface area contributed by atoms with E-state index in [0.29, 0.717) is 36.7 Å². The number of rotatable bonds is 4. The highest BCUT2D eigenvalue weighted by Gasteiger charge is 2.42. The Hall–Kier alpha value is -1.91. The van der Waals surface area contributed by atoms with Gasteiger partial charge in [0.1, 0.15) is 17.5 Å². The quantitative estimate of drug-likeness (QED) is 0.872. The first-order valence-corrected chi connectivity index (χ1v) is 9.61. The lowest BCUT2D eigenvalue weighted by molar-refractivity contribution is -0.132. The molecule has 4 nitrogen and oxygen atoms in total. The van der Waals surface area contributed by atoms with E-state index >= 15 is 0 Å². The molecular formula is C22H26O4. The fourth-order valence-corrected chi connectivity index (χ4v) is 4.24. The van der Waals surface area contributed by atoms with E-state index in [1.165, 1.54) is 24.0 Å². The molecule has 3 atom stereocenters. The van der Waals surface area contributed by atoms with Gasteiger partial charge in [-0.1, -0.05) is 36.4 Å². The van der Waals surface area contributed by atoms with E-state index in [2.05, 4.69) is 18.2 Å². The molecule has 3 unspecified atom stereocenters. The lowest BCUT2D eigenvalue weighted by Crippen LogP contribution is -2.44. The van der Waals surface area contributed by atoms with Crippen LogP contribution in [0.3, 0.4) is 0 Å². The van der Waals surface area contributed by atoms with Crippen LogP contribution in [0.25, 0.3) is 0 Å². The Morgan fingerprint density at radius 2 is 2.00 bits per heavy atom. The van der Waals surface area contributed by atoms with Gasteiger partial charge in [0.15, 0.2) is 0 Å². The molecule has 0 radical (unpaired) electrons. The van der Waals surface area contributed by atoms with Crippen molar-refractivity contribution in [1.82, 2.24) is 0 Å². The summed E-state index contributed by atoms with van der Waals surface area (Å²) in [5, 5.41) is 20.7. The Balaban J connectivity index is 1.60. The number of hydrogen-bond acceptors (Lipinski definition) is 4. The molecule has 0 amide bonds. The molecule has 1 aromatic rings. The zero-order valence-electron chi connectivity index (χ0n) is 14.9. The minimum atomic E-state index is -0.772. The van der Waals surface area contributed by atoms with Crippen LogP contribution >= 0.6 is 0 Å². The monoisotopic (exact) mass is 354 g/mol. The van der Waals surface area contributed by atoms with E-state index in [0.717, 1.165) is 6.42 Å². The second kappa shape index (κ2) is 7.37. The van der Waals surface area contributed by atoms with Crippen LogP contribution in [0.15, 0.2) is 47.7 Å². The SMILES string of the molecule is O=C1CCC=CC(CO)=C2OCC(Cc3ccccc3C3CC3)C(O)C12. The van der Waals surface area contributed by atoms with Crippen molar-refractivity contribution in [1.29, 1.82) is 0 Å². The molecule has 0 aromatic heterocycles. The van der Waals surface area contributed by atoms with Gasteiger partial charge >= 0.3 is 0 Å². The van der Waals surface area contributed by atoms with Crippen LogP contribution in [0.1, 0.15) is 42.7 Å². The van der Waals surface area contributed by atoms with Crippen molar-refractivity contribution in [3.63, 3.8) is 0 Å². The number of Topliss-reactive ketones (excluding diaryl/α,β-unsaturated/α-hetero) is 1. The fourth-order valence-electron chi connectivity index (χ4n) is 4.24. The van der Waals surface area contributed by atoms with Crippen LogP contribution < -0.4 is 0 Å². The first-order chi connectivity index (χ1) is 12.7. The van der Waals surface area contributed by atoms with Crippen molar-refractivity contribution in [2.45, 2.75) is 44.1 Å². The zero-order valence-corrected chi connectivity index (χ0v) is 14.9. The van der Waals surface area contributed by atoms with E-state index in [4.69, 9.17) is 4.74 Å². The van der Waals surface area contributed by atoms with E-state index in [1.807, 2.05) is 18.2 Å². The second-order valence-electron chi connectivity index (χ2n) is 7.67. The van der Waals surface area contributed by atoms with Crippen molar-refractivity contribution in [2.24, 2.45) is 11.8 Å². The first-order valence-electron chi connectivity index (χ1n) is 9.61. The summed E-state index contributed by atoms with van der Waals surface area (Å²) in [6.45, 7) is 0.189. The Morgan fingerprint density at radius 1 is 1.19 bits per heavy atom. The van der Waals surface area contributed by atoms with E-state index in [9.17, 15) is 15.0 Å². The van der Waals surface area contributed by atoms with Gasteiger partial charge in [-0.15, -0.1) is 0 Å². The van der Waals surface area contributed by atoms with Gasteiger partial charge in [0.05, 0.1) is 19.3 Å². The zero-order chi connectivity index (χ0) is 18.1. The molecule has 0 bridgehead atoms. The smallest absolute Gasteiger partial charge is 0.146 e. The van der Waals surface area contributed by atoms with Crippen LogP contribution in [-0.4, -0.2) is 35.3 Å². The number of ketones is 1. The summed E-state index contributed by atoms with van der Waals surface area (Å²) in [4.78, 5) is 12.7. The van der Waals surface area contributed by atoms with Crippen molar-refractivity contribution < 1.29 is 19.7 Å². The summed E-state index contributed by atoms with van der Waals surface area (Å²) < 4.78 is 5.95. The van der Waals surface area contributed by atoms with E-state index in [-0.39, 0.29) is 18.3 Å². The van der Waals surface area contributed by atoms with Gasteiger partial charge in [-0.05, 0) is 42.7 Å². The number of aliphatic hydroxyl groups is 2. The topological polar surface area (TPSA) is 66.8 Å². The summed E-state index contributed by atoms with van der Waals surface area (Å²) in [7, 11) is 0. The molecule has 2 N–H and O–H groups in total. The van der Waals surface area contributed by atoms with Gasteiger partial charge < -0.3 is 14.9 Å². The summed E-state index contributed by atoms with van der Waals surface area (Å²) in [5.74, 6) is 0.345. The fraction of sp³-hybridized carbons (Fsp3) is 0.500. The molecule has 1 heterocycles. The molecule has 3 aliphatic rings. The van der Waals surface area contributed by atoms with E-state index in [1.54, 1.807) is 0 Å². The van der Waals surface area contributed by atoms with Gasteiger partial charge in [0.2, 0.25) is 0 Å². The molecule has 2 aliphatic carbocycles. The molecule has 1 saturated heterocycles. The van der Waals surface area contributed by atoms with Crippen molar-refractivity contribution in [2.75, 3.05) is 13.2 Å². The lowest BCUT2D eigenvalue weighted by Gasteiger charge is -2.37. The summed E-state index contributed by atoms with van der Waals surface area (Å²) in [5.41, 5.74) is 3.25. The van der Waals surface area contributed by atoms with Gasteiger partial charge in [0, 0.05) is 17.9 Å². The Kier molecular flexibility index (Phi) is 4.96. The van der Waals surface area contributed by atoms with Crippen LogP contribution in [-0.2, 0) is 16.0 Å². The Bertz CT molecular complexity index is 744. The molecule has 1 saturated carbocycles. The minimum Gasteiger partial charge on any atom is -0.496 e. The molecule has 0 spiro atoms. The number of fused-ring (bicyclic) bond motifs is 1. The minimum absolute atomic E-state index is 0.00276. The van der Waals surface area contributed by atoms with Crippen LogP contribution in [0.4, 0.5) is 0 Å². The van der Waals surface area contributed by atoms with Crippen LogP contribution in [0.2, 0.25) is 0 Å². The first kappa shape index (κ1) is 17.5. The largest absolute Gasteiger partial charge is 0.496 e. The Morgan fingerprint density at radius 3 is 2.77 bits per heavy atom. The number of hydrogen-bond donors (Lipinski definition) is 2. The molecular weight excluding hydrogens is 328 g/mol. The molecule has 26 heavy (non-hydrogen) atoms. The van der Waals surface area contributed by atoms with Crippen LogP contribution in [0, 0.1) is 11.8 Å². The summed E-state index contributed by atoms with van der Waals surface area (Å²) in [6, 6.07) is 8.43. The van der Waals surface area contributed by atoms with Crippen LogP contribution in [0.5, 0.6) is 0 Å². The lowest BCUT2D eigenvalue weighted by atomic mass is 9.78. The number of allylic oxidation sites excluding steroid dienone is 1. The maximum atomic E-state index is 12.7. The average molecular weight is 354 g/mol. The van der Waals surface area contributed by atoms with Crippen molar-refractivity contribution in [3.8, 4) is 0 Å². The molecule has 4 rings (SSSR count). The van der Waals surface area contributed by atoms with E-state index < -0.39 is 12.0 Å². The summed E-state index contributed by atoms with van der Waals surface area (Å²) in [6.07, 6.45) is 7.16. The predicted octanol–water partition coefficient (Wildman–Crippen LogP) is 2.90. The maximum absolute atomic E-state index is 12.7. The highest BCUT2D eigenvalue weighted by molar-refractivity contribution is 5.85. The highest BCUT2D eigenvalue weighted by atomic mass is 16.5. The third kappa shape index (κ3) is 3.36. The number of ether oxygens (including phenoxy) is 1. The molecule has 138 valence electrons. The van der Waals surface area contributed by atoms with Gasteiger partial charge in [-0.25, -0.2) is 0 Å². The molecule has 2 fully saturated rings. The Labute approximate surface area is 154 Å². The number of benzene rings is 1. The van der Waals surface area contributed by atoms with Crippen molar-refractivity contribution in [3.05, 3.63) is 58.9 Å². The summed E-state index contributed by atoms with van der Waals surface area (Å²) >= 11 is 0. The normalized spacial score (nSPS) is 29.0. The van der Waals surface area contributed by atoms with Gasteiger partial charge in [-0.3, -0.25) is 4.79 Å². The molecule has 1 aromatic carbocycles. The molecule has 1 aliphatic heterocycles. The third-order valence-corrected chi connectivity index (χ3v) is 5.82. The standard InChI is InChI=1S/C22H26O4/c23-12-16-6-2-4-8-19(24)20-21(25)17(13-26-22(16)20)11-15-5-1-3-7-18(15)14-9-10-14/h1-3,5-7,14,17,20-21,23,25H,4,8-13H2.